The van der Waals surface area contributed by atoms with Gasteiger partial charge in [0.15, 0.2) is 5.13 Å². The molecule has 0 radical (unpaired) electrons. The number of benzene rings is 1. The minimum absolute atomic E-state index is 0.618. The van der Waals surface area contributed by atoms with Crippen LogP contribution in [0.5, 0.6) is 0 Å². The highest BCUT2D eigenvalue weighted by Crippen LogP contribution is 2.22. The normalized spacial score (nSPS) is 9.75. The summed E-state index contributed by atoms with van der Waals surface area (Å²) in [4.78, 5) is 4.73. The van der Waals surface area contributed by atoms with Gasteiger partial charge in [0.1, 0.15) is 10.9 Å². The first-order chi connectivity index (χ1) is 7.81. The molecule has 0 saturated carbocycles. The lowest BCUT2D eigenvalue weighted by Crippen LogP contribution is -1.89. The Kier molecular flexibility index (Phi) is 3.18. The Morgan fingerprint density at radius 2 is 2.12 bits per heavy atom. The van der Waals surface area contributed by atoms with E-state index in [4.69, 9.17) is 5.26 Å². The van der Waals surface area contributed by atoms with Crippen molar-refractivity contribution in [2.75, 3.05) is 5.32 Å². The van der Waals surface area contributed by atoms with Gasteiger partial charge in [-0.2, -0.15) is 5.26 Å². The van der Waals surface area contributed by atoms with Gasteiger partial charge in [0, 0.05) is 5.69 Å². The number of aryl methyl sites for hydroxylation is 1. The van der Waals surface area contributed by atoms with Gasteiger partial charge < -0.3 is 5.32 Å². The lowest BCUT2D eigenvalue weighted by atomic mass is 10.1. The van der Waals surface area contributed by atoms with Gasteiger partial charge in [-0.1, -0.05) is 30.4 Å². The fourth-order valence-corrected chi connectivity index (χ4v) is 1.96. The summed E-state index contributed by atoms with van der Waals surface area (Å²) in [5.41, 5.74) is 2.30. The van der Waals surface area contributed by atoms with E-state index in [1.54, 1.807) is 6.20 Å². The highest BCUT2D eigenvalue weighted by atomic mass is 32.1. The molecule has 1 aromatic heterocycles. The smallest absolute Gasteiger partial charge is 0.188 e. The number of anilines is 2. The SMILES string of the molecule is CCc1ccc(Nc2ncc(C#N)s2)cc1. The van der Waals surface area contributed by atoms with Gasteiger partial charge in [-0.3, -0.25) is 0 Å². The molecule has 16 heavy (non-hydrogen) atoms. The topological polar surface area (TPSA) is 48.7 Å². The van der Waals surface area contributed by atoms with E-state index in [1.165, 1.54) is 16.9 Å². The summed E-state index contributed by atoms with van der Waals surface area (Å²) < 4.78 is 0. The minimum Gasteiger partial charge on any atom is -0.332 e. The van der Waals surface area contributed by atoms with Crippen LogP contribution in [0.25, 0.3) is 0 Å². The third-order valence-corrected chi connectivity index (χ3v) is 3.05. The lowest BCUT2D eigenvalue weighted by Gasteiger charge is -2.02. The second-order valence-corrected chi connectivity index (χ2v) is 4.35. The average Bonchev–Trinajstić information content (AvgIpc) is 2.78. The molecule has 1 heterocycles. The Bertz CT molecular complexity index is 508. The number of nitrogens with zero attached hydrogens (tertiary/aromatic N) is 2. The number of hydrogen-bond acceptors (Lipinski definition) is 4. The Hall–Kier alpha value is -1.86. The molecule has 0 amide bonds. The molecule has 0 aliphatic rings. The third kappa shape index (κ3) is 2.38. The summed E-state index contributed by atoms with van der Waals surface area (Å²) in [5.74, 6) is 0. The maximum atomic E-state index is 8.68. The van der Waals surface area contributed by atoms with Gasteiger partial charge in [0.05, 0.1) is 6.20 Å². The zero-order valence-electron chi connectivity index (χ0n) is 8.90. The van der Waals surface area contributed by atoms with Crippen LogP contribution in [0.4, 0.5) is 10.8 Å². The zero-order valence-corrected chi connectivity index (χ0v) is 9.71. The summed E-state index contributed by atoms with van der Waals surface area (Å²) in [5, 5.41) is 12.6. The first-order valence-corrected chi connectivity index (χ1v) is 5.85. The van der Waals surface area contributed by atoms with Crippen molar-refractivity contribution in [2.45, 2.75) is 13.3 Å². The molecule has 0 aliphatic heterocycles. The van der Waals surface area contributed by atoms with E-state index in [0.29, 0.717) is 4.88 Å². The van der Waals surface area contributed by atoms with Crippen LogP contribution < -0.4 is 5.32 Å². The third-order valence-electron chi connectivity index (χ3n) is 2.23. The quantitative estimate of drug-likeness (QED) is 0.878. The Labute approximate surface area is 98.4 Å². The molecule has 0 fully saturated rings. The van der Waals surface area contributed by atoms with Crippen LogP contribution in [0.3, 0.4) is 0 Å². The predicted molar refractivity (Wildman–Crippen MR) is 65.9 cm³/mol. The number of hydrogen-bond donors (Lipinski definition) is 1. The van der Waals surface area contributed by atoms with Crippen molar-refractivity contribution in [3.8, 4) is 6.07 Å². The molecule has 1 N–H and O–H groups in total. The predicted octanol–water partition coefficient (Wildman–Crippen LogP) is 3.32. The number of thiazole rings is 1. The van der Waals surface area contributed by atoms with Crippen LogP contribution in [0, 0.1) is 11.3 Å². The van der Waals surface area contributed by atoms with E-state index in [2.05, 4.69) is 35.4 Å². The van der Waals surface area contributed by atoms with Crippen LogP contribution in [-0.2, 0) is 6.42 Å². The molecule has 2 rings (SSSR count). The monoisotopic (exact) mass is 229 g/mol. The largest absolute Gasteiger partial charge is 0.332 e. The number of aromatic nitrogens is 1. The molecule has 3 nitrogen and oxygen atoms in total. The first kappa shape index (κ1) is 10.7. The fourth-order valence-electron chi connectivity index (χ4n) is 1.33. The Balaban J connectivity index is 2.11. The van der Waals surface area contributed by atoms with Gasteiger partial charge >= 0.3 is 0 Å². The zero-order chi connectivity index (χ0) is 11.4. The van der Waals surface area contributed by atoms with Crippen molar-refractivity contribution in [1.82, 2.24) is 4.98 Å². The summed E-state index contributed by atoms with van der Waals surface area (Å²) in [7, 11) is 0. The van der Waals surface area contributed by atoms with E-state index in [1.807, 2.05) is 12.1 Å². The van der Waals surface area contributed by atoms with Gasteiger partial charge in [-0.25, -0.2) is 4.98 Å². The number of nitriles is 1. The van der Waals surface area contributed by atoms with Crippen LogP contribution >= 0.6 is 11.3 Å². The molecular weight excluding hydrogens is 218 g/mol. The fraction of sp³-hybridized carbons (Fsp3) is 0.167. The maximum Gasteiger partial charge on any atom is 0.188 e. The Morgan fingerprint density at radius 3 is 2.69 bits per heavy atom. The van der Waals surface area contributed by atoms with Crippen molar-refractivity contribution in [3.05, 3.63) is 40.9 Å². The molecule has 0 saturated heterocycles. The summed E-state index contributed by atoms with van der Waals surface area (Å²) >= 11 is 1.35. The second-order valence-electron chi connectivity index (χ2n) is 3.32. The summed E-state index contributed by atoms with van der Waals surface area (Å²) in [6.07, 6.45) is 2.61. The summed E-state index contributed by atoms with van der Waals surface area (Å²) in [6.45, 7) is 2.13. The van der Waals surface area contributed by atoms with E-state index in [0.717, 1.165) is 17.2 Å². The van der Waals surface area contributed by atoms with Crippen molar-refractivity contribution >= 4 is 22.2 Å². The van der Waals surface area contributed by atoms with Gasteiger partial charge in [0.25, 0.3) is 0 Å². The van der Waals surface area contributed by atoms with Crippen LogP contribution in [0.2, 0.25) is 0 Å². The van der Waals surface area contributed by atoms with Crippen LogP contribution in [0.15, 0.2) is 30.5 Å². The molecule has 2 aromatic rings. The van der Waals surface area contributed by atoms with E-state index >= 15 is 0 Å². The lowest BCUT2D eigenvalue weighted by molar-refractivity contribution is 1.14. The highest BCUT2D eigenvalue weighted by molar-refractivity contribution is 7.16. The van der Waals surface area contributed by atoms with Crippen molar-refractivity contribution in [2.24, 2.45) is 0 Å². The average molecular weight is 229 g/mol. The number of rotatable bonds is 3. The van der Waals surface area contributed by atoms with Crippen molar-refractivity contribution in [1.29, 1.82) is 5.26 Å². The van der Waals surface area contributed by atoms with Gasteiger partial charge in [-0.15, -0.1) is 0 Å². The molecule has 80 valence electrons. The van der Waals surface area contributed by atoms with Gasteiger partial charge in [-0.05, 0) is 24.1 Å². The molecule has 0 unspecified atom stereocenters. The van der Waals surface area contributed by atoms with E-state index in [9.17, 15) is 0 Å². The molecule has 0 atom stereocenters. The molecule has 1 aromatic carbocycles. The molecule has 0 aliphatic carbocycles. The molecular formula is C12H11N3S. The summed E-state index contributed by atoms with van der Waals surface area (Å²) in [6, 6.07) is 10.3. The van der Waals surface area contributed by atoms with Crippen LogP contribution in [0.1, 0.15) is 17.4 Å². The van der Waals surface area contributed by atoms with E-state index in [-0.39, 0.29) is 0 Å². The van der Waals surface area contributed by atoms with Crippen LogP contribution in [-0.4, -0.2) is 4.98 Å². The van der Waals surface area contributed by atoms with E-state index < -0.39 is 0 Å². The first-order valence-electron chi connectivity index (χ1n) is 5.03. The molecule has 0 bridgehead atoms. The van der Waals surface area contributed by atoms with Crippen molar-refractivity contribution < 1.29 is 0 Å². The maximum absolute atomic E-state index is 8.68. The Morgan fingerprint density at radius 1 is 1.38 bits per heavy atom. The van der Waals surface area contributed by atoms with Gasteiger partial charge in [0.2, 0.25) is 0 Å². The second kappa shape index (κ2) is 4.77. The molecule has 0 spiro atoms. The number of nitrogens with one attached hydrogen (secondary N) is 1. The highest BCUT2D eigenvalue weighted by Gasteiger charge is 2.01. The standard InChI is InChI=1S/C12H11N3S/c1-2-9-3-5-10(6-4-9)15-12-14-8-11(7-13)16-12/h3-6,8H,2H2,1H3,(H,14,15). The minimum atomic E-state index is 0.618. The molecule has 4 heteroatoms. The van der Waals surface area contributed by atoms with Crippen molar-refractivity contribution in [3.63, 3.8) is 0 Å².